The molecule has 2 aromatic carbocycles. The lowest BCUT2D eigenvalue weighted by Gasteiger charge is -2.09. The van der Waals surface area contributed by atoms with Crippen molar-refractivity contribution in [2.75, 3.05) is 11.9 Å². The molecule has 0 aliphatic heterocycles. The molecule has 0 saturated heterocycles. The molecule has 0 radical (unpaired) electrons. The van der Waals surface area contributed by atoms with Gasteiger partial charge in [0.25, 0.3) is 11.8 Å². The highest BCUT2D eigenvalue weighted by Crippen LogP contribution is 2.30. The fourth-order valence-corrected chi connectivity index (χ4v) is 2.45. The number of anilines is 1. The molecular weight excluding hydrogens is 346 g/mol. The zero-order valence-corrected chi connectivity index (χ0v) is 15.0. The molecule has 1 aliphatic carbocycles. The molecule has 0 heterocycles. The van der Waals surface area contributed by atoms with Crippen LogP contribution in [0, 0.1) is 5.92 Å². The normalized spacial score (nSPS) is 12.8. The minimum atomic E-state index is -0.454. The van der Waals surface area contributed by atoms with E-state index in [2.05, 4.69) is 16.2 Å². The van der Waals surface area contributed by atoms with Gasteiger partial charge in [-0.05, 0) is 62.2 Å². The van der Waals surface area contributed by atoms with Crippen molar-refractivity contribution in [2.24, 2.45) is 5.92 Å². The Kier molecular flexibility index (Phi) is 5.71. The summed E-state index contributed by atoms with van der Waals surface area (Å²) in [4.78, 5) is 36.0. The predicted octanol–water partition coefficient (Wildman–Crippen LogP) is 2.51. The van der Waals surface area contributed by atoms with Gasteiger partial charge in [0, 0.05) is 22.7 Å². The molecule has 0 spiro atoms. The number of amides is 3. The van der Waals surface area contributed by atoms with Gasteiger partial charge in [0.05, 0.1) is 6.61 Å². The van der Waals surface area contributed by atoms with E-state index in [9.17, 15) is 14.4 Å². The molecule has 0 aromatic heterocycles. The molecule has 3 N–H and O–H groups in total. The summed E-state index contributed by atoms with van der Waals surface area (Å²) in [7, 11) is 0. The first-order valence-corrected chi connectivity index (χ1v) is 8.81. The molecular formula is C20H21N3O4. The van der Waals surface area contributed by atoms with Crippen LogP contribution in [-0.4, -0.2) is 24.3 Å². The Bertz CT molecular complexity index is 845. The molecule has 3 amide bonds. The summed E-state index contributed by atoms with van der Waals surface area (Å²) >= 11 is 0. The maximum absolute atomic E-state index is 12.2. The Morgan fingerprint density at radius 2 is 1.63 bits per heavy atom. The van der Waals surface area contributed by atoms with Gasteiger partial charge in [-0.2, -0.15) is 0 Å². The number of rotatable bonds is 6. The van der Waals surface area contributed by atoms with Crippen molar-refractivity contribution in [3.8, 4) is 5.75 Å². The second-order valence-electron chi connectivity index (χ2n) is 6.21. The lowest BCUT2D eigenvalue weighted by molar-refractivity contribution is -0.117. The van der Waals surface area contributed by atoms with E-state index in [1.165, 1.54) is 0 Å². The van der Waals surface area contributed by atoms with Crippen LogP contribution >= 0.6 is 0 Å². The highest BCUT2D eigenvalue weighted by molar-refractivity contribution is 6.00. The van der Waals surface area contributed by atoms with E-state index in [0.29, 0.717) is 29.2 Å². The molecule has 0 unspecified atom stereocenters. The van der Waals surface area contributed by atoms with Crippen LogP contribution in [0.1, 0.15) is 40.5 Å². The van der Waals surface area contributed by atoms with E-state index in [1.54, 1.807) is 48.5 Å². The molecule has 0 atom stereocenters. The van der Waals surface area contributed by atoms with Gasteiger partial charge in [-0.25, -0.2) is 0 Å². The van der Waals surface area contributed by atoms with Crippen molar-refractivity contribution in [1.82, 2.24) is 10.9 Å². The maximum atomic E-state index is 12.2. The number of hydrogen-bond acceptors (Lipinski definition) is 4. The summed E-state index contributed by atoms with van der Waals surface area (Å²) in [5, 5.41) is 2.81. The molecule has 7 heteroatoms. The summed E-state index contributed by atoms with van der Waals surface area (Å²) in [6, 6.07) is 13.2. The molecule has 1 saturated carbocycles. The third kappa shape index (κ3) is 5.07. The van der Waals surface area contributed by atoms with Crippen LogP contribution in [-0.2, 0) is 4.79 Å². The van der Waals surface area contributed by atoms with Crippen molar-refractivity contribution in [2.45, 2.75) is 19.8 Å². The minimum absolute atomic E-state index is 0.00810. The van der Waals surface area contributed by atoms with E-state index in [0.717, 1.165) is 12.8 Å². The molecule has 1 aliphatic rings. The van der Waals surface area contributed by atoms with Gasteiger partial charge >= 0.3 is 0 Å². The van der Waals surface area contributed by atoms with E-state index in [1.807, 2.05) is 6.92 Å². The predicted molar refractivity (Wildman–Crippen MR) is 100 cm³/mol. The van der Waals surface area contributed by atoms with E-state index in [4.69, 9.17) is 4.74 Å². The fraction of sp³-hybridized carbons (Fsp3) is 0.250. The first-order chi connectivity index (χ1) is 13.1. The minimum Gasteiger partial charge on any atom is -0.494 e. The van der Waals surface area contributed by atoms with Crippen molar-refractivity contribution in [3.05, 3.63) is 59.7 Å². The number of ether oxygens (including phenoxy) is 1. The standard InChI is InChI=1S/C20H21N3O4/c1-2-27-17-5-3-4-15(12-17)20(26)23-22-19(25)14-8-10-16(11-9-14)21-18(24)13-6-7-13/h3-5,8-13H,2,6-7H2,1H3,(H,21,24)(H,22,25)(H,23,26). The number of hydrogen-bond donors (Lipinski definition) is 3. The molecule has 140 valence electrons. The van der Waals surface area contributed by atoms with E-state index >= 15 is 0 Å². The molecule has 0 bridgehead atoms. The Balaban J connectivity index is 1.53. The van der Waals surface area contributed by atoms with Crippen LogP contribution in [0.5, 0.6) is 5.75 Å². The fourth-order valence-electron chi connectivity index (χ4n) is 2.45. The second-order valence-corrected chi connectivity index (χ2v) is 6.21. The molecule has 1 fully saturated rings. The lowest BCUT2D eigenvalue weighted by Crippen LogP contribution is -2.41. The zero-order chi connectivity index (χ0) is 19.2. The molecule has 2 aromatic rings. The van der Waals surface area contributed by atoms with Crippen LogP contribution in [0.15, 0.2) is 48.5 Å². The quantitative estimate of drug-likeness (QED) is 0.684. The Hall–Kier alpha value is -3.35. The van der Waals surface area contributed by atoms with Crippen LogP contribution in [0.4, 0.5) is 5.69 Å². The lowest BCUT2D eigenvalue weighted by atomic mass is 10.2. The van der Waals surface area contributed by atoms with Gasteiger partial charge in [-0.3, -0.25) is 25.2 Å². The third-order valence-corrected chi connectivity index (χ3v) is 4.06. The first kappa shape index (κ1) is 18.4. The van der Waals surface area contributed by atoms with Gasteiger partial charge in [0.2, 0.25) is 5.91 Å². The van der Waals surface area contributed by atoms with Crippen molar-refractivity contribution < 1.29 is 19.1 Å². The van der Waals surface area contributed by atoms with Crippen LogP contribution < -0.4 is 20.9 Å². The number of carbonyl (C=O) groups is 3. The number of nitrogens with one attached hydrogen (secondary N) is 3. The summed E-state index contributed by atoms with van der Waals surface area (Å²) in [5.41, 5.74) is 6.12. The topological polar surface area (TPSA) is 96.5 Å². The summed E-state index contributed by atoms with van der Waals surface area (Å²) in [5.74, 6) is -0.193. The van der Waals surface area contributed by atoms with E-state index in [-0.39, 0.29) is 11.8 Å². The van der Waals surface area contributed by atoms with Crippen LogP contribution in [0.25, 0.3) is 0 Å². The monoisotopic (exact) mass is 367 g/mol. The molecule has 3 rings (SSSR count). The van der Waals surface area contributed by atoms with Gasteiger partial charge in [0.1, 0.15) is 5.75 Å². The number of carbonyl (C=O) groups excluding carboxylic acids is 3. The summed E-state index contributed by atoms with van der Waals surface area (Å²) in [6.07, 6.45) is 1.86. The van der Waals surface area contributed by atoms with Gasteiger partial charge in [-0.1, -0.05) is 6.07 Å². The highest BCUT2D eigenvalue weighted by atomic mass is 16.5. The number of hydrazine groups is 1. The average molecular weight is 367 g/mol. The van der Waals surface area contributed by atoms with Crippen molar-refractivity contribution >= 4 is 23.4 Å². The maximum Gasteiger partial charge on any atom is 0.269 e. The third-order valence-electron chi connectivity index (χ3n) is 4.06. The number of benzene rings is 2. The first-order valence-electron chi connectivity index (χ1n) is 8.81. The van der Waals surface area contributed by atoms with Gasteiger partial charge in [-0.15, -0.1) is 0 Å². The van der Waals surface area contributed by atoms with Crippen molar-refractivity contribution in [1.29, 1.82) is 0 Å². The Labute approximate surface area is 157 Å². The van der Waals surface area contributed by atoms with E-state index < -0.39 is 11.8 Å². The Morgan fingerprint density at radius 3 is 2.26 bits per heavy atom. The SMILES string of the molecule is CCOc1cccc(C(=O)NNC(=O)c2ccc(NC(=O)C3CC3)cc2)c1. The van der Waals surface area contributed by atoms with Gasteiger partial charge in [0.15, 0.2) is 0 Å². The largest absolute Gasteiger partial charge is 0.494 e. The van der Waals surface area contributed by atoms with Crippen molar-refractivity contribution in [3.63, 3.8) is 0 Å². The second kappa shape index (κ2) is 8.35. The van der Waals surface area contributed by atoms with Crippen LogP contribution in [0.2, 0.25) is 0 Å². The zero-order valence-electron chi connectivity index (χ0n) is 15.0. The summed E-state index contributed by atoms with van der Waals surface area (Å²) < 4.78 is 5.35. The average Bonchev–Trinajstić information content (AvgIpc) is 3.52. The van der Waals surface area contributed by atoms with Crippen LogP contribution in [0.3, 0.4) is 0 Å². The Morgan fingerprint density at radius 1 is 0.963 bits per heavy atom. The molecule has 27 heavy (non-hydrogen) atoms. The summed E-state index contributed by atoms with van der Waals surface area (Å²) in [6.45, 7) is 2.36. The molecule has 7 nitrogen and oxygen atoms in total. The van der Waals surface area contributed by atoms with Gasteiger partial charge < -0.3 is 10.1 Å². The smallest absolute Gasteiger partial charge is 0.269 e. The highest BCUT2D eigenvalue weighted by Gasteiger charge is 2.29.